The number of hydrogen-bond acceptors (Lipinski definition) is 4. The zero-order valence-electron chi connectivity index (χ0n) is 13.6. The van der Waals surface area contributed by atoms with Crippen molar-refractivity contribution in [1.29, 1.82) is 0 Å². The highest BCUT2D eigenvalue weighted by atomic mass is 16.1. The maximum absolute atomic E-state index is 12.7. The maximum atomic E-state index is 12.7. The Balaban J connectivity index is 2.08. The molecular formula is C17H25N3O2. The van der Waals surface area contributed by atoms with Gasteiger partial charge in [0.25, 0.3) is 0 Å². The van der Waals surface area contributed by atoms with Gasteiger partial charge in [-0.15, -0.1) is 0 Å². The summed E-state index contributed by atoms with van der Waals surface area (Å²) >= 11 is 0. The highest BCUT2D eigenvalue weighted by molar-refractivity contribution is 5.97. The van der Waals surface area contributed by atoms with Gasteiger partial charge in [-0.25, -0.2) is 4.98 Å². The normalized spacial score (nSPS) is 22.3. The fraction of sp³-hybridized carbons (Fsp3) is 0.588. The van der Waals surface area contributed by atoms with Gasteiger partial charge in [0.2, 0.25) is 5.91 Å². The van der Waals surface area contributed by atoms with Crippen molar-refractivity contribution >= 4 is 17.5 Å². The molecule has 2 heterocycles. The lowest BCUT2D eigenvalue weighted by molar-refractivity contribution is -0.116. The minimum Gasteiger partial charge on any atom is -0.311 e. The molecule has 1 aliphatic rings. The first kappa shape index (κ1) is 16.6. The van der Waals surface area contributed by atoms with Gasteiger partial charge in [-0.1, -0.05) is 19.9 Å². The topological polar surface area (TPSA) is 62.3 Å². The average molecular weight is 303 g/mol. The van der Waals surface area contributed by atoms with Crippen LogP contribution in [0.4, 0.5) is 5.82 Å². The van der Waals surface area contributed by atoms with Crippen LogP contribution in [-0.2, 0) is 4.79 Å². The Kier molecular flexibility index (Phi) is 5.66. The van der Waals surface area contributed by atoms with Crippen molar-refractivity contribution in [3.05, 3.63) is 23.9 Å². The van der Waals surface area contributed by atoms with Gasteiger partial charge in [-0.3, -0.25) is 9.59 Å². The van der Waals surface area contributed by atoms with Crippen LogP contribution in [0.2, 0.25) is 0 Å². The van der Waals surface area contributed by atoms with Gasteiger partial charge < -0.3 is 10.2 Å². The molecule has 1 saturated heterocycles. The predicted molar refractivity (Wildman–Crippen MR) is 86.9 cm³/mol. The fourth-order valence-corrected chi connectivity index (χ4v) is 3.01. The Morgan fingerprint density at radius 1 is 1.41 bits per heavy atom. The van der Waals surface area contributed by atoms with Gasteiger partial charge in [-0.2, -0.15) is 0 Å². The van der Waals surface area contributed by atoms with Crippen LogP contribution in [0.5, 0.6) is 0 Å². The lowest BCUT2D eigenvalue weighted by Crippen LogP contribution is -2.40. The Hall–Kier alpha value is -1.75. The highest BCUT2D eigenvalue weighted by Crippen LogP contribution is 2.26. The number of likely N-dealkylation sites (tertiary alicyclic amines) is 1. The monoisotopic (exact) mass is 303 g/mol. The first-order valence-corrected chi connectivity index (χ1v) is 8.01. The smallest absolute Gasteiger partial charge is 0.225 e. The number of hydrogen-bond donors (Lipinski definition) is 1. The van der Waals surface area contributed by atoms with Crippen LogP contribution in [-0.4, -0.2) is 41.7 Å². The number of aromatic nitrogens is 1. The van der Waals surface area contributed by atoms with Crippen LogP contribution in [0, 0.1) is 11.8 Å². The van der Waals surface area contributed by atoms with E-state index in [2.05, 4.69) is 29.2 Å². The molecule has 1 amide bonds. The van der Waals surface area contributed by atoms with Crippen molar-refractivity contribution in [3.8, 4) is 0 Å². The summed E-state index contributed by atoms with van der Waals surface area (Å²) in [6.45, 7) is 5.94. The number of Topliss-reactive ketones (excluding diaryl/α,β-unsaturated/α-hetero) is 1. The molecule has 2 rings (SSSR count). The Morgan fingerprint density at radius 2 is 2.18 bits per heavy atom. The van der Waals surface area contributed by atoms with E-state index >= 15 is 0 Å². The van der Waals surface area contributed by atoms with E-state index in [4.69, 9.17) is 0 Å². The second-order valence-electron chi connectivity index (χ2n) is 6.21. The third kappa shape index (κ3) is 4.13. The molecule has 1 fully saturated rings. The number of piperidine rings is 1. The molecule has 0 aromatic carbocycles. The molecule has 120 valence electrons. The van der Waals surface area contributed by atoms with E-state index in [1.165, 1.54) is 0 Å². The van der Waals surface area contributed by atoms with Crippen molar-refractivity contribution in [3.63, 3.8) is 0 Å². The lowest BCUT2D eigenvalue weighted by Gasteiger charge is -2.33. The zero-order valence-corrected chi connectivity index (χ0v) is 13.6. The molecule has 1 aliphatic heterocycles. The third-order valence-electron chi connectivity index (χ3n) is 4.19. The van der Waals surface area contributed by atoms with Crippen LogP contribution < -0.4 is 5.32 Å². The van der Waals surface area contributed by atoms with Gasteiger partial charge in [0.1, 0.15) is 11.5 Å². The second-order valence-corrected chi connectivity index (χ2v) is 6.21. The predicted octanol–water partition coefficient (Wildman–Crippen LogP) is 2.59. The van der Waals surface area contributed by atoms with E-state index in [0.29, 0.717) is 23.9 Å². The van der Waals surface area contributed by atoms with Crippen molar-refractivity contribution in [1.82, 2.24) is 9.88 Å². The molecule has 5 nitrogen and oxygen atoms in total. The molecule has 1 aromatic rings. The second kappa shape index (κ2) is 7.49. The standard InChI is InChI=1S/C17H25N3O2/c1-4-6-16(21)19-15-8-5-7-14(18-15)17(22)13-9-10-20(3)11-12(13)2/h5,7-8,12-13H,4,6,9-11H2,1-3H3,(H,18,19,21). The Morgan fingerprint density at radius 3 is 2.86 bits per heavy atom. The number of carbonyl (C=O) groups is 2. The summed E-state index contributed by atoms with van der Waals surface area (Å²) in [7, 11) is 2.08. The molecule has 2 atom stereocenters. The van der Waals surface area contributed by atoms with Crippen molar-refractivity contribution < 1.29 is 9.59 Å². The van der Waals surface area contributed by atoms with Crippen molar-refractivity contribution in [2.45, 2.75) is 33.1 Å². The van der Waals surface area contributed by atoms with Crippen molar-refractivity contribution in [2.75, 3.05) is 25.5 Å². The molecule has 0 aliphatic carbocycles. The summed E-state index contributed by atoms with van der Waals surface area (Å²) in [5, 5.41) is 2.75. The molecule has 1 aromatic heterocycles. The number of rotatable bonds is 5. The number of pyridine rings is 1. The SMILES string of the molecule is CCCC(=O)Nc1cccc(C(=O)C2CCN(C)CC2C)n1. The number of anilines is 1. The molecule has 0 radical (unpaired) electrons. The van der Waals surface area contributed by atoms with E-state index in [-0.39, 0.29) is 17.6 Å². The maximum Gasteiger partial charge on any atom is 0.225 e. The number of nitrogens with zero attached hydrogens (tertiary/aromatic N) is 2. The van der Waals surface area contributed by atoms with Gasteiger partial charge in [0, 0.05) is 18.9 Å². The molecule has 0 saturated carbocycles. The van der Waals surface area contributed by atoms with Gasteiger partial charge in [0.05, 0.1) is 0 Å². The minimum absolute atomic E-state index is 0.0188. The van der Waals surface area contributed by atoms with Crippen LogP contribution in [0.1, 0.15) is 43.6 Å². The first-order chi connectivity index (χ1) is 10.5. The summed E-state index contributed by atoms with van der Waals surface area (Å²) in [6, 6.07) is 5.24. The quantitative estimate of drug-likeness (QED) is 0.849. The molecule has 2 unspecified atom stereocenters. The number of ketones is 1. The minimum atomic E-state index is -0.0627. The van der Waals surface area contributed by atoms with E-state index in [0.717, 1.165) is 25.9 Å². The van der Waals surface area contributed by atoms with Gasteiger partial charge >= 0.3 is 0 Å². The lowest BCUT2D eigenvalue weighted by atomic mass is 9.82. The molecular weight excluding hydrogens is 278 g/mol. The molecule has 22 heavy (non-hydrogen) atoms. The Labute approximate surface area is 132 Å². The zero-order chi connectivity index (χ0) is 16.1. The van der Waals surface area contributed by atoms with E-state index < -0.39 is 0 Å². The average Bonchev–Trinajstić information content (AvgIpc) is 2.47. The van der Waals surface area contributed by atoms with Crippen LogP contribution >= 0.6 is 0 Å². The molecule has 1 N–H and O–H groups in total. The van der Waals surface area contributed by atoms with E-state index in [1.807, 2.05) is 6.92 Å². The van der Waals surface area contributed by atoms with Crippen LogP contribution in [0.25, 0.3) is 0 Å². The first-order valence-electron chi connectivity index (χ1n) is 8.01. The van der Waals surface area contributed by atoms with Crippen LogP contribution in [0.15, 0.2) is 18.2 Å². The summed E-state index contributed by atoms with van der Waals surface area (Å²) < 4.78 is 0. The number of nitrogens with one attached hydrogen (secondary N) is 1. The summed E-state index contributed by atoms with van der Waals surface area (Å²) in [5.74, 6) is 0.834. The summed E-state index contributed by atoms with van der Waals surface area (Å²) in [6.07, 6.45) is 2.12. The Bertz CT molecular complexity index is 544. The van der Waals surface area contributed by atoms with Gasteiger partial charge in [-0.05, 0) is 44.5 Å². The third-order valence-corrected chi connectivity index (χ3v) is 4.19. The van der Waals surface area contributed by atoms with Crippen LogP contribution in [0.3, 0.4) is 0 Å². The molecule has 0 spiro atoms. The largest absolute Gasteiger partial charge is 0.311 e. The van der Waals surface area contributed by atoms with Gasteiger partial charge in [0.15, 0.2) is 5.78 Å². The summed E-state index contributed by atoms with van der Waals surface area (Å²) in [5.41, 5.74) is 0.454. The molecule has 5 heteroatoms. The number of carbonyl (C=O) groups excluding carboxylic acids is 2. The summed E-state index contributed by atoms with van der Waals surface area (Å²) in [4.78, 5) is 30.9. The number of amides is 1. The van der Waals surface area contributed by atoms with E-state index in [1.54, 1.807) is 18.2 Å². The van der Waals surface area contributed by atoms with E-state index in [9.17, 15) is 9.59 Å². The van der Waals surface area contributed by atoms with Crippen molar-refractivity contribution in [2.24, 2.45) is 11.8 Å². The highest BCUT2D eigenvalue weighted by Gasteiger charge is 2.31. The fourth-order valence-electron chi connectivity index (χ4n) is 3.01. The molecule has 0 bridgehead atoms.